The van der Waals surface area contributed by atoms with Gasteiger partial charge in [-0.25, -0.2) is 13.2 Å². The highest BCUT2D eigenvalue weighted by Crippen LogP contribution is 2.27. The van der Waals surface area contributed by atoms with E-state index in [1.54, 1.807) is 24.3 Å². The second-order valence-electron chi connectivity index (χ2n) is 6.73. The van der Waals surface area contributed by atoms with E-state index in [0.29, 0.717) is 24.1 Å². The molecule has 138 valence electrons. The Bertz CT molecular complexity index is 794. The fourth-order valence-electron chi connectivity index (χ4n) is 3.24. The van der Waals surface area contributed by atoms with Crippen molar-refractivity contribution in [3.05, 3.63) is 59.7 Å². The summed E-state index contributed by atoms with van der Waals surface area (Å²) < 4.78 is 40.2. The number of amides is 1. The molecule has 1 aliphatic heterocycles. The molecule has 0 radical (unpaired) electrons. The van der Waals surface area contributed by atoms with Crippen molar-refractivity contribution in [1.29, 1.82) is 0 Å². The lowest BCUT2D eigenvalue weighted by molar-refractivity contribution is -0.132. The van der Waals surface area contributed by atoms with Crippen molar-refractivity contribution in [2.45, 2.75) is 31.5 Å². The lowest BCUT2D eigenvalue weighted by Crippen LogP contribution is -2.45. The van der Waals surface area contributed by atoms with Gasteiger partial charge in [0.05, 0.1) is 12.6 Å². The molecular formula is C20H21F3N2O. The summed E-state index contributed by atoms with van der Waals surface area (Å²) in [6.07, 6.45) is -0.628. The summed E-state index contributed by atoms with van der Waals surface area (Å²) in [6, 6.07) is 9.65. The minimum atomic E-state index is -0.980. The smallest absolute Gasteiger partial charge is 0.240 e. The maximum Gasteiger partial charge on any atom is 0.240 e. The van der Waals surface area contributed by atoms with Crippen LogP contribution >= 0.6 is 0 Å². The molecule has 2 N–H and O–H groups in total. The van der Waals surface area contributed by atoms with E-state index in [9.17, 15) is 18.0 Å². The molecule has 1 heterocycles. The van der Waals surface area contributed by atoms with Gasteiger partial charge in [-0.3, -0.25) is 4.79 Å². The van der Waals surface area contributed by atoms with Crippen molar-refractivity contribution in [1.82, 2.24) is 4.90 Å². The first kappa shape index (κ1) is 18.5. The molecule has 6 heteroatoms. The molecule has 1 amide bonds. The zero-order chi connectivity index (χ0) is 18.8. The summed E-state index contributed by atoms with van der Waals surface area (Å²) in [5.74, 6) is -1.79. The van der Waals surface area contributed by atoms with Gasteiger partial charge >= 0.3 is 0 Å². The van der Waals surface area contributed by atoms with E-state index in [4.69, 9.17) is 5.73 Å². The van der Waals surface area contributed by atoms with Crippen LogP contribution in [0.4, 0.5) is 13.2 Å². The lowest BCUT2D eigenvalue weighted by atomic mass is 9.91. The molecule has 2 aromatic carbocycles. The number of alkyl halides is 1. The highest BCUT2D eigenvalue weighted by Gasteiger charge is 2.32. The quantitative estimate of drug-likeness (QED) is 0.903. The fraction of sp³-hybridized carbons (Fsp3) is 0.350. The van der Waals surface area contributed by atoms with Gasteiger partial charge in [0.1, 0.15) is 17.8 Å². The van der Waals surface area contributed by atoms with Crippen LogP contribution in [-0.2, 0) is 4.79 Å². The lowest BCUT2D eigenvalue weighted by Gasteiger charge is -2.25. The number of rotatable bonds is 4. The molecule has 1 aliphatic rings. The van der Waals surface area contributed by atoms with Crippen molar-refractivity contribution in [2.24, 2.45) is 5.73 Å². The topological polar surface area (TPSA) is 46.3 Å². The minimum absolute atomic E-state index is 0.0992. The maximum atomic E-state index is 13.9. The van der Waals surface area contributed by atoms with Crippen LogP contribution in [0.2, 0.25) is 0 Å². The van der Waals surface area contributed by atoms with Gasteiger partial charge < -0.3 is 10.6 Å². The van der Waals surface area contributed by atoms with Gasteiger partial charge in [0.25, 0.3) is 0 Å². The molecule has 3 rings (SSSR count). The number of likely N-dealkylation sites (tertiary alicyclic amines) is 1. The van der Waals surface area contributed by atoms with Crippen molar-refractivity contribution >= 4 is 5.91 Å². The van der Waals surface area contributed by atoms with Crippen molar-refractivity contribution in [3.8, 4) is 11.1 Å². The van der Waals surface area contributed by atoms with Gasteiger partial charge in [0, 0.05) is 24.1 Å². The van der Waals surface area contributed by atoms with Crippen LogP contribution in [0.5, 0.6) is 0 Å². The second kappa shape index (κ2) is 7.50. The summed E-state index contributed by atoms with van der Waals surface area (Å²) in [4.78, 5) is 13.9. The number of carbonyl (C=O) groups is 1. The Kier molecular flexibility index (Phi) is 5.32. The molecule has 0 bridgehead atoms. The van der Waals surface area contributed by atoms with Gasteiger partial charge in [-0.1, -0.05) is 31.2 Å². The molecular weight excluding hydrogens is 341 g/mol. The highest BCUT2D eigenvalue weighted by molar-refractivity contribution is 5.83. The number of hydrogen-bond acceptors (Lipinski definition) is 2. The molecule has 1 saturated heterocycles. The van der Waals surface area contributed by atoms with Gasteiger partial charge in [0.2, 0.25) is 5.91 Å². The van der Waals surface area contributed by atoms with Gasteiger partial charge in [0.15, 0.2) is 0 Å². The predicted octanol–water partition coefficient (Wildman–Crippen LogP) is 3.63. The average molecular weight is 362 g/mol. The van der Waals surface area contributed by atoms with Crippen LogP contribution in [0.15, 0.2) is 42.5 Å². The van der Waals surface area contributed by atoms with Gasteiger partial charge in [-0.05, 0) is 29.7 Å². The van der Waals surface area contributed by atoms with E-state index in [1.165, 1.54) is 17.0 Å². The Balaban J connectivity index is 1.74. The standard InChI is InChI=1S/C20H21F3N2O/c1-12(19(24)20(26)25-9-8-16(22)11-25)13-2-4-14(5-3-13)17-7-6-15(21)10-18(17)23/h2-7,10,12,16,19H,8-9,11,24H2,1H3/t12-,16-,19-/m0/s1. The normalized spacial score (nSPS) is 19.4. The number of nitrogens with two attached hydrogens (primary N) is 1. The van der Waals surface area contributed by atoms with E-state index >= 15 is 0 Å². The SMILES string of the molecule is C[C@@H](c1ccc(-c2ccc(F)cc2F)cc1)[C@H](N)C(=O)N1CC[C@H](F)C1. The van der Waals surface area contributed by atoms with E-state index in [1.807, 2.05) is 6.92 Å². The molecule has 0 spiro atoms. The van der Waals surface area contributed by atoms with Gasteiger partial charge in [-0.15, -0.1) is 0 Å². The Hall–Kier alpha value is -2.34. The van der Waals surface area contributed by atoms with Crippen LogP contribution in [0.3, 0.4) is 0 Å². The first-order valence-corrected chi connectivity index (χ1v) is 8.60. The molecule has 0 aliphatic carbocycles. The Morgan fingerprint density at radius 2 is 1.88 bits per heavy atom. The molecule has 3 nitrogen and oxygen atoms in total. The fourth-order valence-corrected chi connectivity index (χ4v) is 3.24. The summed E-state index contributed by atoms with van der Waals surface area (Å²) in [5.41, 5.74) is 7.83. The summed E-state index contributed by atoms with van der Waals surface area (Å²) in [6.45, 7) is 2.32. The average Bonchev–Trinajstić information content (AvgIpc) is 3.06. The number of benzene rings is 2. The first-order valence-electron chi connectivity index (χ1n) is 8.60. The molecule has 26 heavy (non-hydrogen) atoms. The number of hydrogen-bond donors (Lipinski definition) is 1. The van der Waals surface area contributed by atoms with Crippen LogP contribution < -0.4 is 5.73 Å². The predicted molar refractivity (Wildman–Crippen MR) is 94.3 cm³/mol. The van der Waals surface area contributed by atoms with Crippen LogP contribution in [0.1, 0.15) is 24.8 Å². The largest absolute Gasteiger partial charge is 0.338 e. The number of carbonyl (C=O) groups excluding carboxylic acids is 1. The van der Waals surface area contributed by atoms with Crippen molar-refractivity contribution < 1.29 is 18.0 Å². The molecule has 1 fully saturated rings. The van der Waals surface area contributed by atoms with Crippen LogP contribution in [0.25, 0.3) is 11.1 Å². The van der Waals surface area contributed by atoms with E-state index in [0.717, 1.165) is 11.6 Å². The first-order chi connectivity index (χ1) is 12.4. The van der Waals surface area contributed by atoms with E-state index < -0.39 is 23.8 Å². The number of halogens is 3. The zero-order valence-corrected chi connectivity index (χ0v) is 14.5. The highest BCUT2D eigenvalue weighted by atomic mass is 19.1. The van der Waals surface area contributed by atoms with Crippen molar-refractivity contribution in [3.63, 3.8) is 0 Å². The Morgan fingerprint density at radius 1 is 1.19 bits per heavy atom. The Labute approximate surface area is 150 Å². The van der Waals surface area contributed by atoms with Crippen LogP contribution in [-0.4, -0.2) is 36.1 Å². The molecule has 0 saturated carbocycles. The summed E-state index contributed by atoms with van der Waals surface area (Å²) >= 11 is 0. The molecule has 3 atom stereocenters. The molecule has 0 aromatic heterocycles. The van der Waals surface area contributed by atoms with E-state index in [2.05, 4.69) is 0 Å². The monoisotopic (exact) mass is 362 g/mol. The summed E-state index contributed by atoms with van der Waals surface area (Å²) in [5, 5.41) is 0. The second-order valence-corrected chi connectivity index (χ2v) is 6.73. The third-order valence-corrected chi connectivity index (χ3v) is 4.94. The minimum Gasteiger partial charge on any atom is -0.338 e. The maximum absolute atomic E-state index is 13.9. The summed E-state index contributed by atoms with van der Waals surface area (Å²) in [7, 11) is 0. The number of nitrogens with zero attached hydrogens (tertiary/aromatic N) is 1. The zero-order valence-electron chi connectivity index (χ0n) is 14.5. The Morgan fingerprint density at radius 3 is 2.46 bits per heavy atom. The van der Waals surface area contributed by atoms with E-state index in [-0.39, 0.29) is 18.4 Å². The third kappa shape index (κ3) is 3.75. The molecule has 0 unspecified atom stereocenters. The third-order valence-electron chi connectivity index (χ3n) is 4.94. The van der Waals surface area contributed by atoms with Crippen LogP contribution in [0, 0.1) is 11.6 Å². The van der Waals surface area contributed by atoms with Gasteiger partial charge in [-0.2, -0.15) is 0 Å². The van der Waals surface area contributed by atoms with Crippen molar-refractivity contribution in [2.75, 3.05) is 13.1 Å². The molecule has 2 aromatic rings.